The maximum atomic E-state index is 12.8. The van der Waals surface area contributed by atoms with Gasteiger partial charge >= 0.3 is 10.1 Å². The summed E-state index contributed by atoms with van der Waals surface area (Å²) >= 11 is 0.807. The van der Waals surface area contributed by atoms with E-state index in [1.165, 1.54) is 37.5 Å². The topological polar surface area (TPSA) is 99.2 Å². The van der Waals surface area contributed by atoms with E-state index in [9.17, 15) is 18.0 Å². The van der Waals surface area contributed by atoms with Gasteiger partial charge in [-0.2, -0.15) is 8.42 Å². The van der Waals surface area contributed by atoms with E-state index in [1.807, 2.05) is 13.0 Å². The van der Waals surface area contributed by atoms with E-state index >= 15 is 0 Å². The summed E-state index contributed by atoms with van der Waals surface area (Å²) in [6, 6.07) is 19.7. The lowest BCUT2D eigenvalue weighted by Gasteiger charge is -2.14. The Morgan fingerprint density at radius 2 is 1.67 bits per heavy atom. The lowest BCUT2D eigenvalue weighted by atomic mass is 10.2. The number of methoxy groups -OCH3 is 1. The van der Waals surface area contributed by atoms with E-state index in [-0.39, 0.29) is 28.7 Å². The van der Waals surface area contributed by atoms with Crippen LogP contribution in [0.15, 0.2) is 82.6 Å². The molecular formula is C26H23NO7S2. The molecule has 0 radical (unpaired) electrons. The van der Waals surface area contributed by atoms with E-state index in [2.05, 4.69) is 0 Å². The molecular weight excluding hydrogens is 502 g/mol. The van der Waals surface area contributed by atoms with E-state index in [0.29, 0.717) is 17.1 Å². The van der Waals surface area contributed by atoms with Crippen molar-refractivity contribution in [3.63, 3.8) is 0 Å². The van der Waals surface area contributed by atoms with E-state index in [4.69, 9.17) is 13.7 Å². The monoisotopic (exact) mass is 525 g/mol. The molecule has 10 heteroatoms. The van der Waals surface area contributed by atoms with Crippen molar-refractivity contribution >= 4 is 39.1 Å². The van der Waals surface area contributed by atoms with Gasteiger partial charge in [-0.1, -0.05) is 42.0 Å². The van der Waals surface area contributed by atoms with Crippen LogP contribution in [0.5, 0.6) is 17.2 Å². The number of ether oxygens (including phenoxy) is 2. The van der Waals surface area contributed by atoms with Crippen LogP contribution in [0.1, 0.15) is 11.1 Å². The number of aryl methyl sites for hydroxylation is 1. The fourth-order valence-corrected chi connectivity index (χ4v) is 5.15. The van der Waals surface area contributed by atoms with Crippen molar-refractivity contribution in [3.05, 3.63) is 88.8 Å². The molecule has 2 amide bonds. The summed E-state index contributed by atoms with van der Waals surface area (Å²) < 4.78 is 41.3. The highest BCUT2D eigenvalue weighted by atomic mass is 32.2. The molecule has 0 saturated carbocycles. The molecule has 36 heavy (non-hydrogen) atoms. The van der Waals surface area contributed by atoms with Gasteiger partial charge in [-0.3, -0.25) is 14.5 Å². The Morgan fingerprint density at radius 3 is 2.39 bits per heavy atom. The number of hydrogen-bond donors (Lipinski definition) is 0. The number of thioether (sulfide) groups is 1. The molecule has 0 unspecified atom stereocenters. The van der Waals surface area contributed by atoms with Crippen molar-refractivity contribution in [1.29, 1.82) is 0 Å². The summed E-state index contributed by atoms with van der Waals surface area (Å²) in [6.07, 6.45) is 1.53. The molecule has 1 fully saturated rings. The summed E-state index contributed by atoms with van der Waals surface area (Å²) in [7, 11) is -2.49. The smallest absolute Gasteiger partial charge is 0.339 e. The number of hydrogen-bond acceptors (Lipinski definition) is 8. The number of para-hydroxylation sites is 2. The van der Waals surface area contributed by atoms with Gasteiger partial charge in [-0.05, 0) is 66.7 Å². The molecule has 186 valence electrons. The first kappa shape index (κ1) is 25.3. The number of amides is 2. The quantitative estimate of drug-likeness (QED) is 0.288. The zero-order valence-corrected chi connectivity index (χ0v) is 21.2. The molecule has 3 aromatic carbocycles. The van der Waals surface area contributed by atoms with Crippen molar-refractivity contribution in [3.8, 4) is 17.2 Å². The van der Waals surface area contributed by atoms with Crippen LogP contribution in [0.25, 0.3) is 6.08 Å². The average Bonchev–Trinajstić information content (AvgIpc) is 3.12. The highest BCUT2D eigenvalue weighted by Gasteiger charge is 2.34. The number of carbonyl (C=O) groups excluding carboxylic acids is 2. The van der Waals surface area contributed by atoms with Crippen molar-refractivity contribution in [2.24, 2.45) is 0 Å². The largest absolute Gasteiger partial charge is 0.493 e. The second-order valence-corrected chi connectivity index (χ2v) is 10.3. The third-order valence-electron chi connectivity index (χ3n) is 5.19. The number of rotatable bonds is 9. The Morgan fingerprint density at radius 1 is 0.944 bits per heavy atom. The fourth-order valence-electron chi connectivity index (χ4n) is 3.36. The van der Waals surface area contributed by atoms with Gasteiger partial charge in [0.2, 0.25) is 0 Å². The van der Waals surface area contributed by atoms with E-state index < -0.39 is 21.3 Å². The lowest BCUT2D eigenvalue weighted by Crippen LogP contribution is -2.32. The van der Waals surface area contributed by atoms with Crippen molar-refractivity contribution in [2.75, 3.05) is 20.3 Å². The minimum atomic E-state index is -4.02. The maximum Gasteiger partial charge on any atom is 0.339 e. The Balaban J connectivity index is 1.43. The summed E-state index contributed by atoms with van der Waals surface area (Å²) in [4.78, 5) is 26.6. The molecule has 4 rings (SSSR count). The average molecular weight is 526 g/mol. The fraction of sp³-hybridized carbons (Fsp3) is 0.154. The summed E-state index contributed by atoms with van der Waals surface area (Å²) in [5.74, 6) is 0.707. The van der Waals surface area contributed by atoms with Gasteiger partial charge in [0, 0.05) is 0 Å². The molecule has 3 aromatic rings. The lowest BCUT2D eigenvalue weighted by molar-refractivity contribution is -0.123. The Hall–Kier alpha value is -3.76. The third-order valence-corrected chi connectivity index (χ3v) is 7.36. The molecule has 1 saturated heterocycles. The molecule has 8 nitrogen and oxygen atoms in total. The molecule has 0 aromatic heterocycles. The van der Waals surface area contributed by atoms with Gasteiger partial charge in [0.1, 0.15) is 17.3 Å². The van der Waals surface area contributed by atoms with E-state index in [0.717, 1.165) is 22.2 Å². The number of imide groups is 1. The predicted molar refractivity (Wildman–Crippen MR) is 137 cm³/mol. The summed E-state index contributed by atoms with van der Waals surface area (Å²) in [5, 5.41) is -0.413. The van der Waals surface area contributed by atoms with Crippen LogP contribution >= 0.6 is 11.8 Å². The third kappa shape index (κ3) is 5.89. The molecule has 0 aliphatic carbocycles. The van der Waals surface area contributed by atoms with Crippen molar-refractivity contribution in [2.45, 2.75) is 11.8 Å². The standard InChI is InChI=1S/C26H23NO7S2/c1-18-10-12-21(13-11-18)36(30,31)34-20-7-5-6-19(16-20)17-24-25(28)27(26(29)35-24)14-15-33-23-9-4-3-8-22(23)32-2/h3-13,16-17H,14-15H2,1-2H3/b24-17-. The normalized spacial score (nSPS) is 14.8. The molecule has 0 atom stereocenters. The van der Waals surface area contributed by atoms with Crippen LogP contribution in [0, 0.1) is 6.92 Å². The summed E-state index contributed by atoms with van der Waals surface area (Å²) in [5.41, 5.74) is 1.44. The first-order valence-electron chi connectivity index (χ1n) is 10.9. The number of carbonyl (C=O) groups is 2. The second-order valence-electron chi connectivity index (χ2n) is 7.76. The summed E-state index contributed by atoms with van der Waals surface area (Å²) in [6.45, 7) is 2.03. The van der Waals surface area contributed by atoms with E-state index in [1.54, 1.807) is 42.5 Å². The van der Waals surface area contributed by atoms with Crippen LogP contribution < -0.4 is 13.7 Å². The zero-order chi connectivity index (χ0) is 25.7. The molecule has 0 spiro atoms. The highest BCUT2D eigenvalue weighted by Crippen LogP contribution is 2.33. The number of nitrogens with zero attached hydrogens (tertiary/aromatic N) is 1. The first-order chi connectivity index (χ1) is 17.3. The minimum absolute atomic E-state index is 0.0370. The van der Waals surface area contributed by atoms with Gasteiger partial charge in [-0.15, -0.1) is 0 Å². The van der Waals surface area contributed by atoms with Gasteiger partial charge < -0.3 is 13.7 Å². The first-order valence-corrected chi connectivity index (χ1v) is 13.1. The van der Waals surface area contributed by atoms with Crippen LogP contribution in [0.2, 0.25) is 0 Å². The highest BCUT2D eigenvalue weighted by molar-refractivity contribution is 8.18. The van der Waals surface area contributed by atoms with Gasteiger partial charge in [0.25, 0.3) is 11.1 Å². The zero-order valence-electron chi connectivity index (χ0n) is 19.5. The predicted octanol–water partition coefficient (Wildman–Crippen LogP) is 4.89. The maximum absolute atomic E-state index is 12.8. The Bertz CT molecular complexity index is 1420. The minimum Gasteiger partial charge on any atom is -0.493 e. The van der Waals surface area contributed by atoms with Crippen LogP contribution in [0.3, 0.4) is 0 Å². The second kappa shape index (κ2) is 10.9. The van der Waals surface area contributed by atoms with Crippen LogP contribution in [-0.2, 0) is 14.9 Å². The van der Waals surface area contributed by atoms with Gasteiger partial charge in [-0.25, -0.2) is 0 Å². The Labute approximate surface area is 213 Å². The Kier molecular flexibility index (Phi) is 7.66. The molecule has 1 aliphatic rings. The van der Waals surface area contributed by atoms with Crippen molar-refractivity contribution in [1.82, 2.24) is 4.90 Å². The van der Waals surface area contributed by atoms with Crippen LogP contribution in [0.4, 0.5) is 4.79 Å². The van der Waals surface area contributed by atoms with Gasteiger partial charge in [0.05, 0.1) is 18.6 Å². The van der Waals surface area contributed by atoms with Crippen molar-refractivity contribution < 1.29 is 31.7 Å². The molecule has 0 bridgehead atoms. The SMILES string of the molecule is COc1ccccc1OCCN1C(=O)S/C(=C\c2cccc(OS(=O)(=O)c3ccc(C)cc3)c2)C1=O. The van der Waals surface area contributed by atoms with Crippen LogP contribution in [-0.4, -0.2) is 44.7 Å². The molecule has 0 N–H and O–H groups in total. The molecule has 1 aliphatic heterocycles. The molecule has 1 heterocycles. The number of benzene rings is 3. The van der Waals surface area contributed by atoms with Gasteiger partial charge in [0.15, 0.2) is 11.5 Å².